The van der Waals surface area contributed by atoms with E-state index in [1.165, 1.54) is 5.56 Å². The first kappa shape index (κ1) is 16.7. The van der Waals surface area contributed by atoms with Gasteiger partial charge in [0.15, 0.2) is 0 Å². The van der Waals surface area contributed by atoms with Crippen molar-refractivity contribution in [3.63, 3.8) is 0 Å². The highest BCUT2D eigenvalue weighted by molar-refractivity contribution is 5.82. The third kappa shape index (κ3) is 3.84. The second-order valence-electron chi connectivity index (χ2n) is 7.29. The fraction of sp³-hybridized carbons (Fsp3) is 0.650. The summed E-state index contributed by atoms with van der Waals surface area (Å²) < 4.78 is 5.71. The van der Waals surface area contributed by atoms with E-state index in [1.807, 2.05) is 18.2 Å². The highest BCUT2D eigenvalue weighted by atomic mass is 16.5. The van der Waals surface area contributed by atoms with Crippen molar-refractivity contribution in [3.8, 4) is 0 Å². The SMILES string of the molecule is O=C1C[C@@H]2CC[C@@H](O)[C@]2(CCCCCOCc2ccccc2)C1. The van der Waals surface area contributed by atoms with Crippen molar-refractivity contribution in [1.82, 2.24) is 0 Å². The predicted molar refractivity (Wildman–Crippen MR) is 90.0 cm³/mol. The lowest BCUT2D eigenvalue weighted by Crippen LogP contribution is -2.32. The van der Waals surface area contributed by atoms with E-state index in [0.717, 1.165) is 45.1 Å². The smallest absolute Gasteiger partial charge is 0.133 e. The third-order valence-electron chi connectivity index (χ3n) is 5.81. The third-order valence-corrected chi connectivity index (χ3v) is 5.81. The monoisotopic (exact) mass is 316 g/mol. The fourth-order valence-corrected chi connectivity index (χ4v) is 4.55. The van der Waals surface area contributed by atoms with Gasteiger partial charge in [-0.25, -0.2) is 0 Å². The number of rotatable bonds is 8. The van der Waals surface area contributed by atoms with Crippen LogP contribution in [0.4, 0.5) is 0 Å². The van der Waals surface area contributed by atoms with Crippen molar-refractivity contribution < 1.29 is 14.6 Å². The first-order chi connectivity index (χ1) is 11.2. The molecule has 126 valence electrons. The van der Waals surface area contributed by atoms with Crippen LogP contribution in [0.2, 0.25) is 0 Å². The summed E-state index contributed by atoms with van der Waals surface area (Å²) in [6, 6.07) is 10.2. The Balaban J connectivity index is 1.33. The van der Waals surface area contributed by atoms with Gasteiger partial charge in [0.05, 0.1) is 12.7 Å². The lowest BCUT2D eigenvalue weighted by Gasteiger charge is -2.32. The molecule has 2 aliphatic rings. The van der Waals surface area contributed by atoms with E-state index < -0.39 is 0 Å². The average molecular weight is 316 g/mol. The quantitative estimate of drug-likeness (QED) is 0.740. The van der Waals surface area contributed by atoms with Crippen LogP contribution < -0.4 is 0 Å². The molecule has 0 heterocycles. The van der Waals surface area contributed by atoms with Crippen LogP contribution in [0.15, 0.2) is 30.3 Å². The molecule has 3 rings (SSSR count). The number of ketones is 1. The van der Waals surface area contributed by atoms with E-state index in [-0.39, 0.29) is 11.5 Å². The van der Waals surface area contributed by atoms with Gasteiger partial charge in [0.2, 0.25) is 0 Å². The molecular formula is C20H28O3. The number of fused-ring (bicyclic) bond motifs is 1. The van der Waals surface area contributed by atoms with E-state index >= 15 is 0 Å². The van der Waals surface area contributed by atoms with Crippen molar-refractivity contribution >= 4 is 5.78 Å². The summed E-state index contributed by atoms with van der Waals surface area (Å²) >= 11 is 0. The topological polar surface area (TPSA) is 46.5 Å². The first-order valence-corrected chi connectivity index (χ1v) is 9.02. The summed E-state index contributed by atoms with van der Waals surface area (Å²) in [5.74, 6) is 0.805. The molecule has 0 aliphatic heterocycles. The van der Waals surface area contributed by atoms with Gasteiger partial charge in [-0.3, -0.25) is 4.79 Å². The maximum atomic E-state index is 11.8. The predicted octanol–water partition coefficient (Wildman–Crippen LogP) is 3.88. The Hall–Kier alpha value is -1.19. The van der Waals surface area contributed by atoms with Crippen LogP contribution >= 0.6 is 0 Å². The lowest BCUT2D eigenvalue weighted by atomic mass is 9.74. The minimum atomic E-state index is -0.256. The van der Waals surface area contributed by atoms with Crippen LogP contribution in [0.5, 0.6) is 0 Å². The first-order valence-electron chi connectivity index (χ1n) is 9.02. The van der Waals surface area contributed by atoms with Gasteiger partial charge >= 0.3 is 0 Å². The standard InChI is InChI=1S/C20H28O3/c21-18-13-17-9-10-19(22)20(17,14-18)11-5-2-6-12-23-15-16-7-3-1-4-8-16/h1,3-4,7-8,17,19,22H,2,5-6,9-15H2/t17-,19+,20+/m0/s1. The number of benzene rings is 1. The van der Waals surface area contributed by atoms with Gasteiger partial charge in [-0.2, -0.15) is 0 Å². The van der Waals surface area contributed by atoms with Gasteiger partial charge in [0.1, 0.15) is 5.78 Å². The molecule has 2 aliphatic carbocycles. The summed E-state index contributed by atoms with van der Waals surface area (Å²) in [6.45, 7) is 1.47. The van der Waals surface area contributed by atoms with Crippen LogP contribution in [0.25, 0.3) is 0 Å². The fourth-order valence-electron chi connectivity index (χ4n) is 4.55. The van der Waals surface area contributed by atoms with Gasteiger partial charge in [-0.05, 0) is 37.2 Å². The van der Waals surface area contributed by atoms with Gasteiger partial charge in [-0.1, -0.05) is 43.2 Å². The molecule has 2 fully saturated rings. The Morgan fingerprint density at radius 1 is 1.13 bits per heavy atom. The number of hydrogen-bond acceptors (Lipinski definition) is 3. The maximum Gasteiger partial charge on any atom is 0.133 e. The highest BCUT2D eigenvalue weighted by Crippen LogP contribution is 2.55. The molecule has 1 aromatic rings. The lowest BCUT2D eigenvalue weighted by molar-refractivity contribution is -0.119. The Bertz CT molecular complexity index is 513. The maximum absolute atomic E-state index is 11.8. The van der Waals surface area contributed by atoms with E-state index in [0.29, 0.717) is 31.1 Å². The second-order valence-corrected chi connectivity index (χ2v) is 7.29. The molecule has 0 unspecified atom stereocenters. The number of carbonyl (C=O) groups is 1. The Morgan fingerprint density at radius 3 is 2.78 bits per heavy atom. The zero-order chi connectivity index (χ0) is 16.1. The molecule has 0 saturated heterocycles. The zero-order valence-electron chi connectivity index (χ0n) is 13.9. The number of aliphatic hydroxyl groups excluding tert-OH is 1. The summed E-state index contributed by atoms with van der Waals surface area (Å²) in [5.41, 5.74) is 1.13. The number of hydrogen-bond donors (Lipinski definition) is 1. The number of aliphatic hydroxyl groups is 1. The van der Waals surface area contributed by atoms with Gasteiger partial charge < -0.3 is 9.84 Å². The molecule has 0 spiro atoms. The number of Topliss-reactive ketones (excluding diaryl/α,β-unsaturated/α-hetero) is 1. The number of ether oxygens (including phenoxy) is 1. The molecule has 1 N–H and O–H groups in total. The van der Waals surface area contributed by atoms with Crippen LogP contribution in [0, 0.1) is 11.3 Å². The largest absolute Gasteiger partial charge is 0.393 e. The summed E-state index contributed by atoms with van der Waals surface area (Å²) in [6.07, 6.45) is 7.25. The molecule has 0 amide bonds. The molecule has 0 bridgehead atoms. The molecule has 23 heavy (non-hydrogen) atoms. The second kappa shape index (κ2) is 7.59. The number of unbranched alkanes of at least 4 members (excludes halogenated alkanes) is 2. The normalized spacial score (nSPS) is 29.9. The van der Waals surface area contributed by atoms with Crippen LogP contribution in [-0.4, -0.2) is 23.6 Å². The highest BCUT2D eigenvalue weighted by Gasteiger charge is 2.54. The molecule has 3 heteroatoms. The average Bonchev–Trinajstić information content (AvgIpc) is 3.03. The molecule has 2 saturated carbocycles. The van der Waals surface area contributed by atoms with Crippen LogP contribution in [-0.2, 0) is 16.1 Å². The van der Waals surface area contributed by atoms with Gasteiger partial charge in [0.25, 0.3) is 0 Å². The number of carbonyl (C=O) groups excluding carboxylic acids is 1. The zero-order valence-corrected chi connectivity index (χ0v) is 13.9. The molecule has 3 nitrogen and oxygen atoms in total. The van der Waals surface area contributed by atoms with Crippen molar-refractivity contribution in [2.75, 3.05) is 6.61 Å². The minimum absolute atomic E-state index is 0.0814. The molecule has 3 atom stereocenters. The van der Waals surface area contributed by atoms with Gasteiger partial charge in [-0.15, -0.1) is 0 Å². The van der Waals surface area contributed by atoms with Gasteiger partial charge in [0, 0.05) is 24.9 Å². The van der Waals surface area contributed by atoms with E-state index in [1.54, 1.807) is 0 Å². The van der Waals surface area contributed by atoms with Crippen molar-refractivity contribution in [3.05, 3.63) is 35.9 Å². The molecule has 0 radical (unpaired) electrons. The Morgan fingerprint density at radius 2 is 1.96 bits per heavy atom. The van der Waals surface area contributed by atoms with Crippen molar-refractivity contribution in [1.29, 1.82) is 0 Å². The molecule has 0 aromatic heterocycles. The summed E-state index contributed by atoms with van der Waals surface area (Å²) in [4.78, 5) is 11.8. The van der Waals surface area contributed by atoms with Crippen LogP contribution in [0.1, 0.15) is 56.9 Å². The summed E-state index contributed by atoms with van der Waals surface area (Å²) in [5, 5.41) is 10.4. The van der Waals surface area contributed by atoms with E-state index in [9.17, 15) is 9.90 Å². The van der Waals surface area contributed by atoms with Crippen LogP contribution in [0.3, 0.4) is 0 Å². The summed E-state index contributed by atoms with van der Waals surface area (Å²) in [7, 11) is 0. The minimum Gasteiger partial charge on any atom is -0.393 e. The Labute approximate surface area is 139 Å². The van der Waals surface area contributed by atoms with E-state index in [2.05, 4.69) is 12.1 Å². The Kier molecular flexibility index (Phi) is 5.50. The van der Waals surface area contributed by atoms with Crippen molar-refractivity contribution in [2.24, 2.45) is 11.3 Å². The molecule has 1 aromatic carbocycles. The van der Waals surface area contributed by atoms with E-state index in [4.69, 9.17) is 4.74 Å². The molecular weight excluding hydrogens is 288 g/mol. The van der Waals surface area contributed by atoms with Crippen molar-refractivity contribution in [2.45, 2.75) is 64.1 Å².